The predicted molar refractivity (Wildman–Crippen MR) is 99.1 cm³/mol. The number of ether oxygens (including phenoxy) is 3. The fraction of sp³-hybridized carbons (Fsp3) is 0.300. The summed E-state index contributed by atoms with van der Waals surface area (Å²) in [6.07, 6.45) is 0.967. The average Bonchev–Trinajstić information content (AvgIpc) is 2.70. The normalized spacial score (nSPS) is 13.2. The van der Waals surface area contributed by atoms with Gasteiger partial charge in [0, 0.05) is 5.56 Å². The van der Waals surface area contributed by atoms with E-state index in [4.69, 9.17) is 14.2 Å². The number of nitrogens with one attached hydrogen (secondary N) is 1. The minimum atomic E-state index is -0.318. The number of amides is 1. The Morgan fingerprint density at radius 1 is 1.12 bits per heavy atom. The molecule has 0 unspecified atom stereocenters. The molecule has 6 heteroatoms. The van der Waals surface area contributed by atoms with E-state index in [9.17, 15) is 4.79 Å². The van der Waals surface area contributed by atoms with E-state index in [0.29, 0.717) is 30.4 Å². The van der Waals surface area contributed by atoms with Crippen LogP contribution in [0.25, 0.3) is 0 Å². The Kier molecular flexibility index (Phi) is 5.73. The van der Waals surface area contributed by atoms with Crippen LogP contribution in [0.2, 0.25) is 0 Å². The lowest BCUT2D eigenvalue weighted by Crippen LogP contribution is -2.25. The third kappa shape index (κ3) is 4.53. The molecule has 0 spiro atoms. The highest BCUT2D eigenvalue weighted by molar-refractivity contribution is 5.99. The summed E-state index contributed by atoms with van der Waals surface area (Å²) in [5, 5.41) is 4.12. The first-order valence-electron chi connectivity index (χ1n) is 8.60. The van der Waals surface area contributed by atoms with Crippen molar-refractivity contribution in [1.82, 2.24) is 5.43 Å². The summed E-state index contributed by atoms with van der Waals surface area (Å²) in [6.45, 7) is 4.89. The lowest BCUT2D eigenvalue weighted by Gasteiger charge is -2.18. The molecule has 0 saturated carbocycles. The van der Waals surface area contributed by atoms with Crippen LogP contribution in [-0.4, -0.2) is 31.4 Å². The fourth-order valence-electron chi connectivity index (χ4n) is 2.48. The predicted octanol–water partition coefficient (Wildman–Crippen LogP) is 2.94. The highest BCUT2D eigenvalue weighted by Gasteiger charge is 2.12. The van der Waals surface area contributed by atoms with E-state index in [1.54, 1.807) is 0 Å². The minimum Gasteiger partial charge on any atom is -0.486 e. The van der Waals surface area contributed by atoms with Crippen molar-refractivity contribution in [2.45, 2.75) is 20.3 Å². The zero-order valence-electron chi connectivity index (χ0n) is 15.0. The first-order valence-corrected chi connectivity index (χ1v) is 8.60. The van der Waals surface area contributed by atoms with Crippen LogP contribution in [-0.2, 0) is 11.2 Å². The molecule has 0 aliphatic carbocycles. The standard InChI is InChI=1S/C20H22N2O4/c1-3-15-4-7-17(8-5-15)26-13-20(23)22-21-14(2)16-6-9-18-19(12-16)25-11-10-24-18/h4-9,12H,3,10-11,13H2,1-2H3,(H,22,23)/b21-14+. The molecule has 0 bridgehead atoms. The molecule has 26 heavy (non-hydrogen) atoms. The van der Waals surface area contributed by atoms with Crippen LogP contribution < -0.4 is 19.6 Å². The molecule has 3 rings (SSSR count). The molecule has 0 saturated heterocycles. The highest BCUT2D eigenvalue weighted by atomic mass is 16.6. The first kappa shape index (κ1) is 17.8. The molecule has 0 aromatic heterocycles. The smallest absolute Gasteiger partial charge is 0.277 e. The van der Waals surface area contributed by atoms with Gasteiger partial charge in [-0.25, -0.2) is 5.43 Å². The highest BCUT2D eigenvalue weighted by Crippen LogP contribution is 2.30. The molecule has 2 aromatic rings. The monoisotopic (exact) mass is 354 g/mol. The molecular weight excluding hydrogens is 332 g/mol. The molecule has 2 aromatic carbocycles. The number of hydrogen-bond acceptors (Lipinski definition) is 5. The summed E-state index contributed by atoms with van der Waals surface area (Å²) in [7, 11) is 0. The van der Waals surface area contributed by atoms with Crippen LogP contribution in [0.3, 0.4) is 0 Å². The molecule has 1 N–H and O–H groups in total. The van der Waals surface area contributed by atoms with Crippen molar-refractivity contribution in [2.24, 2.45) is 5.10 Å². The fourth-order valence-corrected chi connectivity index (χ4v) is 2.48. The molecule has 1 aliphatic heterocycles. The van der Waals surface area contributed by atoms with Crippen molar-refractivity contribution in [3.63, 3.8) is 0 Å². The maximum atomic E-state index is 11.9. The quantitative estimate of drug-likeness (QED) is 0.640. The van der Waals surface area contributed by atoms with Crippen molar-refractivity contribution in [1.29, 1.82) is 0 Å². The van der Waals surface area contributed by atoms with Gasteiger partial charge < -0.3 is 14.2 Å². The van der Waals surface area contributed by atoms with Gasteiger partial charge in [-0.1, -0.05) is 19.1 Å². The molecule has 1 heterocycles. The van der Waals surface area contributed by atoms with Crippen LogP contribution in [0.1, 0.15) is 25.0 Å². The van der Waals surface area contributed by atoms with Crippen LogP contribution in [0.15, 0.2) is 47.6 Å². The van der Waals surface area contributed by atoms with Gasteiger partial charge in [0.15, 0.2) is 18.1 Å². The number of fused-ring (bicyclic) bond motifs is 1. The Balaban J connectivity index is 1.53. The number of carbonyl (C=O) groups excluding carboxylic acids is 1. The number of rotatable bonds is 6. The van der Waals surface area contributed by atoms with E-state index in [0.717, 1.165) is 17.7 Å². The van der Waals surface area contributed by atoms with Gasteiger partial charge in [-0.15, -0.1) is 0 Å². The summed E-state index contributed by atoms with van der Waals surface area (Å²) in [6, 6.07) is 13.3. The van der Waals surface area contributed by atoms with Crippen molar-refractivity contribution in [3.05, 3.63) is 53.6 Å². The second-order valence-corrected chi connectivity index (χ2v) is 5.88. The van der Waals surface area contributed by atoms with Gasteiger partial charge in [0.05, 0.1) is 5.71 Å². The van der Waals surface area contributed by atoms with Gasteiger partial charge in [0.1, 0.15) is 19.0 Å². The van der Waals surface area contributed by atoms with E-state index in [1.807, 2.05) is 49.4 Å². The van der Waals surface area contributed by atoms with Gasteiger partial charge in [0.25, 0.3) is 5.91 Å². The molecule has 1 amide bonds. The third-order valence-corrected chi connectivity index (χ3v) is 4.01. The topological polar surface area (TPSA) is 69.2 Å². The first-order chi connectivity index (χ1) is 12.7. The number of hydrogen-bond donors (Lipinski definition) is 1. The Labute approximate surface area is 152 Å². The summed E-state index contributed by atoms with van der Waals surface area (Å²) >= 11 is 0. The lowest BCUT2D eigenvalue weighted by molar-refractivity contribution is -0.123. The molecule has 0 radical (unpaired) electrons. The van der Waals surface area contributed by atoms with Crippen LogP contribution in [0, 0.1) is 0 Å². The Hall–Kier alpha value is -3.02. The molecular formula is C20H22N2O4. The van der Waals surface area contributed by atoms with Gasteiger partial charge in [-0.3, -0.25) is 4.79 Å². The van der Waals surface area contributed by atoms with Crippen LogP contribution >= 0.6 is 0 Å². The van der Waals surface area contributed by atoms with E-state index in [1.165, 1.54) is 5.56 Å². The maximum absolute atomic E-state index is 11.9. The summed E-state index contributed by atoms with van der Waals surface area (Å²) < 4.78 is 16.5. The summed E-state index contributed by atoms with van der Waals surface area (Å²) in [5.41, 5.74) is 5.25. The molecule has 1 aliphatic rings. The number of aryl methyl sites for hydroxylation is 1. The van der Waals surface area contributed by atoms with E-state index in [-0.39, 0.29) is 12.5 Å². The number of nitrogens with zero attached hydrogens (tertiary/aromatic N) is 1. The van der Waals surface area contributed by atoms with Gasteiger partial charge in [-0.2, -0.15) is 5.10 Å². The Bertz CT molecular complexity index is 800. The zero-order chi connectivity index (χ0) is 18.4. The SMILES string of the molecule is CCc1ccc(OCC(=O)N/N=C(\C)c2ccc3c(c2)OCCO3)cc1. The Morgan fingerprint density at radius 3 is 2.58 bits per heavy atom. The lowest BCUT2D eigenvalue weighted by atomic mass is 10.1. The second-order valence-electron chi connectivity index (χ2n) is 5.88. The Morgan fingerprint density at radius 2 is 1.85 bits per heavy atom. The van der Waals surface area contributed by atoms with Gasteiger partial charge >= 0.3 is 0 Å². The molecule has 0 atom stereocenters. The van der Waals surface area contributed by atoms with Gasteiger partial charge in [0.2, 0.25) is 0 Å². The zero-order valence-corrected chi connectivity index (χ0v) is 15.0. The molecule has 6 nitrogen and oxygen atoms in total. The third-order valence-electron chi connectivity index (χ3n) is 4.01. The summed E-state index contributed by atoms with van der Waals surface area (Å²) in [4.78, 5) is 11.9. The van der Waals surface area contributed by atoms with Crippen LogP contribution in [0.4, 0.5) is 0 Å². The second kappa shape index (κ2) is 8.38. The minimum absolute atomic E-state index is 0.0939. The maximum Gasteiger partial charge on any atom is 0.277 e. The van der Waals surface area contributed by atoms with Gasteiger partial charge in [-0.05, 0) is 49.2 Å². The molecule has 136 valence electrons. The number of carbonyl (C=O) groups is 1. The van der Waals surface area contributed by atoms with Crippen LogP contribution in [0.5, 0.6) is 17.2 Å². The van der Waals surface area contributed by atoms with E-state index >= 15 is 0 Å². The van der Waals surface area contributed by atoms with Crippen molar-refractivity contribution < 1.29 is 19.0 Å². The van der Waals surface area contributed by atoms with E-state index in [2.05, 4.69) is 17.5 Å². The van der Waals surface area contributed by atoms with E-state index < -0.39 is 0 Å². The van der Waals surface area contributed by atoms with Crippen molar-refractivity contribution in [2.75, 3.05) is 19.8 Å². The number of benzene rings is 2. The molecule has 0 fully saturated rings. The largest absolute Gasteiger partial charge is 0.486 e. The summed E-state index contributed by atoms with van der Waals surface area (Å²) in [5.74, 6) is 1.75. The van der Waals surface area contributed by atoms with Crippen molar-refractivity contribution in [3.8, 4) is 17.2 Å². The number of hydrazone groups is 1. The average molecular weight is 354 g/mol. The van der Waals surface area contributed by atoms with Crippen molar-refractivity contribution >= 4 is 11.6 Å².